The number of fused-ring (bicyclic) bond motifs is 1. The van der Waals surface area contributed by atoms with Crippen LogP contribution in [0, 0.1) is 0 Å². The summed E-state index contributed by atoms with van der Waals surface area (Å²) in [5.74, 6) is 0.822. The number of carbonyl (C=O) groups is 1. The van der Waals surface area contributed by atoms with Gasteiger partial charge in [0.1, 0.15) is 11.0 Å². The van der Waals surface area contributed by atoms with E-state index in [9.17, 15) is 4.79 Å². The smallest absolute Gasteiger partial charge is 0.232 e. The van der Waals surface area contributed by atoms with Crippen LogP contribution in [0.1, 0.15) is 19.4 Å². The molecular formula is C10H11ClN2O. The molecule has 14 heavy (non-hydrogen) atoms. The first-order valence-electron chi connectivity index (χ1n) is 4.57. The molecule has 0 saturated heterocycles. The topological polar surface area (TPSA) is 33.2 Å². The minimum atomic E-state index is 0.102. The summed E-state index contributed by atoms with van der Waals surface area (Å²) in [6, 6.07) is 3.72. The maximum atomic E-state index is 11.6. The lowest BCUT2D eigenvalue weighted by atomic mass is 10.2. The van der Waals surface area contributed by atoms with Crippen molar-refractivity contribution < 1.29 is 4.79 Å². The third kappa shape index (κ3) is 1.38. The number of aromatic nitrogens is 1. The zero-order valence-electron chi connectivity index (χ0n) is 8.12. The van der Waals surface area contributed by atoms with Crippen molar-refractivity contribution >= 4 is 23.3 Å². The van der Waals surface area contributed by atoms with E-state index in [0.717, 1.165) is 11.4 Å². The summed E-state index contributed by atoms with van der Waals surface area (Å²) in [4.78, 5) is 17.5. The highest BCUT2D eigenvalue weighted by Crippen LogP contribution is 2.29. The number of anilines is 1. The molecule has 0 spiro atoms. The Morgan fingerprint density at radius 1 is 1.50 bits per heavy atom. The van der Waals surface area contributed by atoms with Crippen LogP contribution in [0.25, 0.3) is 0 Å². The molecular weight excluding hydrogens is 200 g/mol. The van der Waals surface area contributed by atoms with E-state index in [2.05, 4.69) is 4.98 Å². The van der Waals surface area contributed by atoms with Gasteiger partial charge in [-0.3, -0.25) is 9.69 Å². The molecule has 0 radical (unpaired) electrons. The van der Waals surface area contributed by atoms with Gasteiger partial charge in [-0.1, -0.05) is 17.7 Å². The van der Waals surface area contributed by atoms with Crippen molar-refractivity contribution in [1.29, 1.82) is 0 Å². The van der Waals surface area contributed by atoms with Crippen LogP contribution in [-0.2, 0) is 11.2 Å². The number of hydrogen-bond acceptors (Lipinski definition) is 2. The molecule has 0 saturated carbocycles. The van der Waals surface area contributed by atoms with E-state index in [1.165, 1.54) is 0 Å². The molecule has 0 aromatic carbocycles. The zero-order valence-corrected chi connectivity index (χ0v) is 8.88. The highest BCUT2D eigenvalue weighted by molar-refractivity contribution is 6.29. The number of nitrogens with zero attached hydrogens (tertiary/aromatic N) is 2. The summed E-state index contributed by atoms with van der Waals surface area (Å²) in [5, 5.41) is 0.434. The molecule has 1 aliphatic rings. The summed E-state index contributed by atoms with van der Waals surface area (Å²) >= 11 is 5.79. The van der Waals surface area contributed by atoms with E-state index < -0.39 is 0 Å². The minimum absolute atomic E-state index is 0.102. The van der Waals surface area contributed by atoms with Crippen LogP contribution in [0.4, 0.5) is 5.82 Å². The van der Waals surface area contributed by atoms with Crippen LogP contribution >= 0.6 is 11.6 Å². The Labute approximate surface area is 87.7 Å². The fraction of sp³-hybridized carbons (Fsp3) is 0.400. The van der Waals surface area contributed by atoms with Gasteiger partial charge in [0.2, 0.25) is 5.91 Å². The number of pyridine rings is 1. The second kappa shape index (κ2) is 3.24. The first-order valence-corrected chi connectivity index (χ1v) is 4.95. The van der Waals surface area contributed by atoms with Gasteiger partial charge in [0.15, 0.2) is 0 Å². The largest absolute Gasteiger partial charge is 0.294 e. The fourth-order valence-electron chi connectivity index (χ4n) is 1.70. The molecule has 0 N–H and O–H groups in total. The molecule has 74 valence electrons. The van der Waals surface area contributed by atoms with E-state index >= 15 is 0 Å². The van der Waals surface area contributed by atoms with E-state index in [0.29, 0.717) is 11.6 Å². The maximum absolute atomic E-state index is 11.6. The van der Waals surface area contributed by atoms with Crippen molar-refractivity contribution in [2.75, 3.05) is 4.90 Å². The lowest BCUT2D eigenvalue weighted by Gasteiger charge is -2.20. The zero-order chi connectivity index (χ0) is 10.3. The molecule has 0 aliphatic carbocycles. The average molecular weight is 211 g/mol. The number of carbonyl (C=O) groups excluding carboxylic acids is 1. The van der Waals surface area contributed by atoms with Crippen LogP contribution in [0.5, 0.6) is 0 Å². The molecule has 0 unspecified atom stereocenters. The SMILES string of the molecule is CC(C)N1C(=O)Cc2ccc(Cl)nc21. The molecule has 1 aliphatic heterocycles. The van der Waals surface area contributed by atoms with E-state index in [1.54, 1.807) is 11.0 Å². The summed E-state index contributed by atoms with van der Waals surface area (Å²) < 4.78 is 0. The second-order valence-electron chi connectivity index (χ2n) is 3.65. The Morgan fingerprint density at radius 2 is 2.21 bits per heavy atom. The summed E-state index contributed by atoms with van der Waals surface area (Å²) in [6.07, 6.45) is 0.442. The quantitative estimate of drug-likeness (QED) is 0.665. The highest BCUT2D eigenvalue weighted by Gasteiger charge is 2.30. The van der Waals surface area contributed by atoms with E-state index in [-0.39, 0.29) is 11.9 Å². The van der Waals surface area contributed by atoms with Gasteiger partial charge in [0.05, 0.1) is 6.42 Å². The van der Waals surface area contributed by atoms with Gasteiger partial charge in [-0.05, 0) is 19.9 Å². The standard InChI is InChI=1S/C10H11ClN2O/c1-6(2)13-9(14)5-7-3-4-8(11)12-10(7)13/h3-4,6H,5H2,1-2H3. The fourth-order valence-corrected chi connectivity index (χ4v) is 1.84. The normalized spacial score (nSPS) is 15.1. The van der Waals surface area contributed by atoms with Crippen molar-refractivity contribution in [2.45, 2.75) is 26.3 Å². The highest BCUT2D eigenvalue weighted by atomic mass is 35.5. The van der Waals surface area contributed by atoms with Gasteiger partial charge in [-0.2, -0.15) is 0 Å². The van der Waals surface area contributed by atoms with Crippen LogP contribution in [0.15, 0.2) is 12.1 Å². The molecule has 0 bridgehead atoms. The Kier molecular flexibility index (Phi) is 2.19. The predicted molar refractivity (Wildman–Crippen MR) is 55.6 cm³/mol. The average Bonchev–Trinajstić information content (AvgIpc) is 2.40. The number of hydrogen-bond donors (Lipinski definition) is 0. The third-order valence-corrected chi connectivity index (χ3v) is 2.49. The van der Waals surface area contributed by atoms with Crippen LogP contribution in [0.2, 0.25) is 5.15 Å². The third-order valence-electron chi connectivity index (χ3n) is 2.28. The monoisotopic (exact) mass is 210 g/mol. The summed E-state index contributed by atoms with van der Waals surface area (Å²) in [6.45, 7) is 3.94. The Morgan fingerprint density at radius 3 is 2.86 bits per heavy atom. The van der Waals surface area contributed by atoms with Crippen LogP contribution in [0.3, 0.4) is 0 Å². The van der Waals surface area contributed by atoms with Crippen LogP contribution < -0.4 is 4.90 Å². The van der Waals surface area contributed by atoms with Crippen molar-refractivity contribution in [3.63, 3.8) is 0 Å². The van der Waals surface area contributed by atoms with Crippen molar-refractivity contribution in [3.05, 3.63) is 22.8 Å². The summed E-state index contributed by atoms with van der Waals surface area (Å²) in [5.41, 5.74) is 0.966. The van der Waals surface area contributed by atoms with Gasteiger partial charge in [0.25, 0.3) is 0 Å². The van der Waals surface area contributed by atoms with Gasteiger partial charge < -0.3 is 0 Å². The molecule has 1 amide bonds. The molecule has 1 aromatic heterocycles. The lowest BCUT2D eigenvalue weighted by Crippen LogP contribution is -2.34. The second-order valence-corrected chi connectivity index (χ2v) is 4.04. The molecule has 2 rings (SSSR count). The maximum Gasteiger partial charge on any atom is 0.232 e. The Bertz CT molecular complexity index is 390. The minimum Gasteiger partial charge on any atom is -0.294 e. The molecule has 2 heterocycles. The van der Waals surface area contributed by atoms with Gasteiger partial charge >= 0.3 is 0 Å². The molecule has 3 nitrogen and oxygen atoms in total. The van der Waals surface area contributed by atoms with Crippen molar-refractivity contribution in [2.24, 2.45) is 0 Å². The number of amides is 1. The molecule has 4 heteroatoms. The first kappa shape index (κ1) is 9.46. The van der Waals surface area contributed by atoms with Crippen molar-refractivity contribution in [3.8, 4) is 0 Å². The first-order chi connectivity index (χ1) is 6.59. The predicted octanol–water partition coefficient (Wildman–Crippen LogP) is 2.03. The molecule has 0 fully saturated rings. The van der Waals surface area contributed by atoms with Crippen molar-refractivity contribution in [1.82, 2.24) is 4.98 Å². The summed E-state index contributed by atoms with van der Waals surface area (Å²) in [7, 11) is 0. The number of rotatable bonds is 1. The molecule has 1 aromatic rings. The van der Waals surface area contributed by atoms with Crippen LogP contribution in [-0.4, -0.2) is 16.9 Å². The van der Waals surface area contributed by atoms with Gasteiger partial charge in [0, 0.05) is 11.6 Å². The Balaban J connectivity index is 2.50. The number of halogens is 1. The van der Waals surface area contributed by atoms with Gasteiger partial charge in [-0.15, -0.1) is 0 Å². The molecule has 0 atom stereocenters. The Hall–Kier alpha value is -1.09. The van der Waals surface area contributed by atoms with E-state index in [4.69, 9.17) is 11.6 Å². The van der Waals surface area contributed by atoms with Gasteiger partial charge in [-0.25, -0.2) is 4.98 Å². The lowest BCUT2D eigenvalue weighted by molar-refractivity contribution is -0.117. The van der Waals surface area contributed by atoms with E-state index in [1.807, 2.05) is 19.9 Å².